The second kappa shape index (κ2) is 4.64. The number of hydrogen-bond acceptors (Lipinski definition) is 3. The van der Waals surface area contributed by atoms with E-state index < -0.39 is 0 Å². The number of rotatable bonds is 3. The van der Waals surface area contributed by atoms with Gasteiger partial charge in [-0.15, -0.1) is 0 Å². The lowest BCUT2D eigenvalue weighted by molar-refractivity contribution is -0.142. The van der Waals surface area contributed by atoms with Gasteiger partial charge in [0.2, 0.25) is 11.8 Å². The van der Waals surface area contributed by atoms with Crippen molar-refractivity contribution in [2.75, 3.05) is 39.8 Å². The van der Waals surface area contributed by atoms with Crippen molar-refractivity contribution in [2.45, 2.75) is 19.8 Å². The Morgan fingerprint density at radius 1 is 1.12 bits per heavy atom. The van der Waals surface area contributed by atoms with E-state index in [1.165, 1.54) is 0 Å². The predicted octanol–water partition coefficient (Wildman–Crippen LogP) is -0.323. The molecule has 17 heavy (non-hydrogen) atoms. The summed E-state index contributed by atoms with van der Waals surface area (Å²) >= 11 is 0. The van der Waals surface area contributed by atoms with Gasteiger partial charge < -0.3 is 15.1 Å². The van der Waals surface area contributed by atoms with E-state index in [-0.39, 0.29) is 17.2 Å². The van der Waals surface area contributed by atoms with Crippen LogP contribution in [0.1, 0.15) is 19.8 Å². The van der Waals surface area contributed by atoms with Crippen molar-refractivity contribution in [1.29, 1.82) is 0 Å². The van der Waals surface area contributed by atoms with Gasteiger partial charge in [0.05, 0.1) is 5.41 Å². The van der Waals surface area contributed by atoms with Gasteiger partial charge >= 0.3 is 0 Å². The van der Waals surface area contributed by atoms with E-state index in [2.05, 4.69) is 5.32 Å². The van der Waals surface area contributed by atoms with Crippen LogP contribution in [0.5, 0.6) is 0 Å². The fourth-order valence-electron chi connectivity index (χ4n) is 2.52. The number of hydrogen-bond donors (Lipinski definition) is 1. The van der Waals surface area contributed by atoms with E-state index in [9.17, 15) is 9.59 Å². The summed E-state index contributed by atoms with van der Waals surface area (Å²) in [6.07, 6.45) is 2.00. The lowest BCUT2D eigenvalue weighted by atomic mass is 10.0. The zero-order chi connectivity index (χ0) is 12.5. The van der Waals surface area contributed by atoms with Crippen molar-refractivity contribution in [3.63, 3.8) is 0 Å². The smallest absolute Gasteiger partial charge is 0.230 e. The molecule has 1 aliphatic heterocycles. The summed E-state index contributed by atoms with van der Waals surface area (Å²) in [7, 11) is 1.89. The molecular weight excluding hydrogens is 218 g/mol. The van der Waals surface area contributed by atoms with Crippen LogP contribution in [0.2, 0.25) is 0 Å². The molecule has 1 saturated carbocycles. The summed E-state index contributed by atoms with van der Waals surface area (Å²) in [6, 6.07) is 0. The van der Waals surface area contributed by atoms with Gasteiger partial charge in [0.25, 0.3) is 0 Å². The molecule has 2 aliphatic rings. The standard InChI is InChI=1S/C12H21N3O2/c1-10(16)14-5-7-15(8-6-14)11(17)12(3-4-12)9-13-2/h13H,3-9H2,1-2H3. The Balaban J connectivity index is 1.88. The fraction of sp³-hybridized carbons (Fsp3) is 0.833. The SMILES string of the molecule is CNCC1(C(=O)N2CCN(C(C)=O)CC2)CC1. The Morgan fingerprint density at radius 2 is 1.65 bits per heavy atom. The van der Waals surface area contributed by atoms with Crippen LogP contribution in [0.4, 0.5) is 0 Å². The Labute approximate surface area is 102 Å². The second-order valence-corrected chi connectivity index (χ2v) is 5.11. The maximum Gasteiger partial charge on any atom is 0.230 e. The van der Waals surface area contributed by atoms with E-state index in [0.29, 0.717) is 26.2 Å². The third-order valence-electron chi connectivity index (χ3n) is 3.83. The first-order chi connectivity index (χ1) is 8.09. The van der Waals surface area contributed by atoms with E-state index in [1.807, 2.05) is 11.9 Å². The van der Waals surface area contributed by atoms with Crippen molar-refractivity contribution in [1.82, 2.24) is 15.1 Å². The van der Waals surface area contributed by atoms with Crippen LogP contribution in [-0.2, 0) is 9.59 Å². The van der Waals surface area contributed by atoms with Crippen molar-refractivity contribution in [3.8, 4) is 0 Å². The predicted molar refractivity (Wildman–Crippen MR) is 64.4 cm³/mol. The Kier molecular flexibility index (Phi) is 3.38. The first kappa shape index (κ1) is 12.4. The monoisotopic (exact) mass is 239 g/mol. The summed E-state index contributed by atoms with van der Waals surface area (Å²) in [5, 5.41) is 3.11. The third-order valence-corrected chi connectivity index (χ3v) is 3.83. The van der Waals surface area contributed by atoms with Gasteiger partial charge in [0, 0.05) is 39.6 Å². The molecule has 2 amide bonds. The molecule has 5 heteroatoms. The number of piperazine rings is 1. The summed E-state index contributed by atoms with van der Waals surface area (Å²) in [5.41, 5.74) is -0.132. The van der Waals surface area contributed by atoms with Gasteiger partial charge in [-0.05, 0) is 19.9 Å². The van der Waals surface area contributed by atoms with Crippen LogP contribution in [0.15, 0.2) is 0 Å². The minimum atomic E-state index is -0.132. The number of carbonyl (C=O) groups is 2. The van der Waals surface area contributed by atoms with Gasteiger partial charge in [-0.3, -0.25) is 9.59 Å². The summed E-state index contributed by atoms with van der Waals surface area (Å²) in [6.45, 7) is 5.08. The van der Waals surface area contributed by atoms with Gasteiger partial charge in [0.15, 0.2) is 0 Å². The van der Waals surface area contributed by atoms with Crippen molar-refractivity contribution >= 4 is 11.8 Å². The molecule has 0 atom stereocenters. The Morgan fingerprint density at radius 3 is 2.06 bits per heavy atom. The minimum Gasteiger partial charge on any atom is -0.339 e. The molecule has 2 rings (SSSR count). The Hall–Kier alpha value is -1.10. The first-order valence-electron chi connectivity index (χ1n) is 6.28. The highest BCUT2D eigenvalue weighted by Gasteiger charge is 2.51. The molecule has 1 aliphatic carbocycles. The third kappa shape index (κ3) is 2.44. The summed E-state index contributed by atoms with van der Waals surface area (Å²) in [4.78, 5) is 27.3. The lowest BCUT2D eigenvalue weighted by Gasteiger charge is -2.36. The van der Waals surface area contributed by atoms with E-state index >= 15 is 0 Å². The zero-order valence-corrected chi connectivity index (χ0v) is 10.7. The summed E-state index contributed by atoms with van der Waals surface area (Å²) in [5.74, 6) is 0.378. The van der Waals surface area contributed by atoms with E-state index in [1.54, 1.807) is 11.8 Å². The van der Waals surface area contributed by atoms with Gasteiger partial charge in [0.1, 0.15) is 0 Å². The molecule has 1 saturated heterocycles. The highest BCUT2D eigenvalue weighted by molar-refractivity contribution is 5.86. The molecular formula is C12H21N3O2. The minimum absolute atomic E-state index is 0.105. The molecule has 1 N–H and O–H groups in total. The lowest BCUT2D eigenvalue weighted by Crippen LogP contribution is -2.52. The van der Waals surface area contributed by atoms with Gasteiger partial charge in [-0.25, -0.2) is 0 Å². The van der Waals surface area contributed by atoms with E-state index in [0.717, 1.165) is 19.4 Å². The summed E-state index contributed by atoms with van der Waals surface area (Å²) < 4.78 is 0. The first-order valence-corrected chi connectivity index (χ1v) is 6.28. The quantitative estimate of drug-likeness (QED) is 0.734. The molecule has 0 aromatic carbocycles. The van der Waals surface area contributed by atoms with Gasteiger partial charge in [-0.1, -0.05) is 0 Å². The molecule has 0 spiro atoms. The van der Waals surface area contributed by atoms with Crippen molar-refractivity contribution in [3.05, 3.63) is 0 Å². The topological polar surface area (TPSA) is 52.7 Å². The van der Waals surface area contributed by atoms with Crippen LogP contribution in [0.3, 0.4) is 0 Å². The molecule has 0 bridgehead atoms. The number of carbonyl (C=O) groups excluding carboxylic acids is 2. The van der Waals surface area contributed by atoms with E-state index in [4.69, 9.17) is 0 Å². The molecule has 0 aromatic heterocycles. The molecule has 0 unspecified atom stereocenters. The highest BCUT2D eigenvalue weighted by atomic mass is 16.2. The maximum absolute atomic E-state index is 12.3. The van der Waals surface area contributed by atoms with Crippen LogP contribution in [0.25, 0.3) is 0 Å². The van der Waals surface area contributed by atoms with Crippen LogP contribution in [-0.4, -0.2) is 61.4 Å². The highest BCUT2D eigenvalue weighted by Crippen LogP contribution is 2.46. The van der Waals surface area contributed by atoms with Crippen molar-refractivity contribution < 1.29 is 9.59 Å². The van der Waals surface area contributed by atoms with Crippen LogP contribution in [0, 0.1) is 5.41 Å². The molecule has 0 aromatic rings. The molecule has 96 valence electrons. The van der Waals surface area contributed by atoms with Crippen LogP contribution >= 0.6 is 0 Å². The van der Waals surface area contributed by atoms with Crippen molar-refractivity contribution in [2.24, 2.45) is 5.41 Å². The second-order valence-electron chi connectivity index (χ2n) is 5.11. The maximum atomic E-state index is 12.3. The number of nitrogens with zero attached hydrogens (tertiary/aromatic N) is 2. The zero-order valence-electron chi connectivity index (χ0n) is 10.7. The molecule has 1 heterocycles. The average molecular weight is 239 g/mol. The normalized spacial score (nSPS) is 22.5. The number of nitrogens with one attached hydrogen (secondary N) is 1. The largest absolute Gasteiger partial charge is 0.339 e. The van der Waals surface area contributed by atoms with Gasteiger partial charge in [-0.2, -0.15) is 0 Å². The van der Waals surface area contributed by atoms with Crippen LogP contribution < -0.4 is 5.32 Å². The fourth-order valence-corrected chi connectivity index (χ4v) is 2.52. The average Bonchev–Trinajstić information content (AvgIpc) is 3.10. The molecule has 0 radical (unpaired) electrons. The molecule has 2 fully saturated rings. The Bertz CT molecular complexity index is 318. The number of amides is 2. The molecule has 5 nitrogen and oxygen atoms in total.